The summed E-state index contributed by atoms with van der Waals surface area (Å²) < 4.78 is 5.32. The Morgan fingerprint density at radius 1 is 1.10 bits per heavy atom. The number of nitrogens with one attached hydrogen (secondary N) is 1. The second kappa shape index (κ2) is 8.50. The van der Waals surface area contributed by atoms with Crippen LogP contribution in [0.3, 0.4) is 0 Å². The van der Waals surface area contributed by atoms with E-state index in [1.165, 1.54) is 25.7 Å². The van der Waals surface area contributed by atoms with Crippen molar-refractivity contribution >= 4 is 16.9 Å². The van der Waals surface area contributed by atoms with Crippen LogP contribution in [0.5, 0.6) is 0 Å². The summed E-state index contributed by atoms with van der Waals surface area (Å²) in [5.74, 6) is -0.131. The van der Waals surface area contributed by atoms with Crippen LogP contribution in [0.1, 0.15) is 51.0 Å². The van der Waals surface area contributed by atoms with Crippen LogP contribution in [0, 0.1) is 0 Å². The van der Waals surface area contributed by atoms with E-state index >= 15 is 0 Å². The third-order valence-electron chi connectivity index (χ3n) is 3.77. The normalized spacial score (nSPS) is 10.9. The predicted octanol–water partition coefficient (Wildman–Crippen LogP) is 4.61. The first-order chi connectivity index (χ1) is 10.3. The van der Waals surface area contributed by atoms with Crippen LogP contribution in [0.25, 0.3) is 10.9 Å². The van der Waals surface area contributed by atoms with E-state index in [9.17, 15) is 4.79 Å². The van der Waals surface area contributed by atoms with Gasteiger partial charge in [-0.2, -0.15) is 0 Å². The van der Waals surface area contributed by atoms with E-state index in [1.807, 2.05) is 30.5 Å². The Kier molecular flexibility index (Phi) is 6.32. The minimum absolute atomic E-state index is 0.131. The number of rotatable bonds is 9. The largest absolute Gasteiger partial charge is 0.465 e. The molecule has 1 heterocycles. The van der Waals surface area contributed by atoms with Crippen LogP contribution in [-0.2, 0) is 16.0 Å². The standard InChI is InChI=1S/C18H25NO2/c1-2-3-4-5-6-9-12-21-18(20)13-15-14-19-17-11-8-7-10-16(15)17/h7-8,10-11,14,19H,2-6,9,12-13H2,1H3. The Hall–Kier alpha value is -1.77. The highest BCUT2D eigenvalue weighted by Gasteiger charge is 2.09. The van der Waals surface area contributed by atoms with Crippen molar-refractivity contribution in [2.45, 2.75) is 51.9 Å². The molecule has 3 nitrogen and oxygen atoms in total. The molecule has 0 fully saturated rings. The molecule has 0 spiro atoms. The zero-order chi connectivity index (χ0) is 14.9. The lowest BCUT2D eigenvalue weighted by Crippen LogP contribution is -2.08. The zero-order valence-corrected chi connectivity index (χ0v) is 12.9. The van der Waals surface area contributed by atoms with E-state index < -0.39 is 0 Å². The highest BCUT2D eigenvalue weighted by atomic mass is 16.5. The molecule has 0 saturated carbocycles. The smallest absolute Gasteiger partial charge is 0.310 e. The molecular weight excluding hydrogens is 262 g/mol. The van der Waals surface area contributed by atoms with Gasteiger partial charge in [0.05, 0.1) is 13.0 Å². The predicted molar refractivity (Wildman–Crippen MR) is 86.3 cm³/mol. The number of H-pyrrole nitrogens is 1. The van der Waals surface area contributed by atoms with Gasteiger partial charge in [-0.15, -0.1) is 0 Å². The first kappa shape index (κ1) is 15.6. The van der Waals surface area contributed by atoms with E-state index in [0.717, 1.165) is 29.3 Å². The number of hydrogen-bond donors (Lipinski definition) is 1. The third kappa shape index (κ3) is 4.92. The molecule has 0 radical (unpaired) electrons. The van der Waals surface area contributed by atoms with Gasteiger partial charge < -0.3 is 9.72 Å². The minimum Gasteiger partial charge on any atom is -0.465 e. The van der Waals surface area contributed by atoms with Crippen LogP contribution in [0.2, 0.25) is 0 Å². The average Bonchev–Trinajstić information content (AvgIpc) is 2.90. The van der Waals surface area contributed by atoms with Crippen molar-refractivity contribution in [2.75, 3.05) is 6.61 Å². The lowest BCUT2D eigenvalue weighted by atomic mass is 10.1. The number of benzene rings is 1. The maximum Gasteiger partial charge on any atom is 0.310 e. The fourth-order valence-electron chi connectivity index (χ4n) is 2.55. The number of carbonyl (C=O) groups excluding carboxylic acids is 1. The van der Waals surface area contributed by atoms with Gasteiger partial charge in [-0.25, -0.2) is 0 Å². The topological polar surface area (TPSA) is 42.1 Å². The van der Waals surface area contributed by atoms with E-state index in [0.29, 0.717) is 13.0 Å². The molecule has 2 rings (SSSR count). The molecule has 2 aromatic rings. The summed E-state index contributed by atoms with van der Waals surface area (Å²) in [6.45, 7) is 2.76. The third-order valence-corrected chi connectivity index (χ3v) is 3.77. The van der Waals surface area contributed by atoms with Crippen LogP contribution in [0.4, 0.5) is 0 Å². The fraction of sp³-hybridized carbons (Fsp3) is 0.500. The monoisotopic (exact) mass is 287 g/mol. The van der Waals surface area contributed by atoms with Crippen molar-refractivity contribution in [1.82, 2.24) is 4.98 Å². The Balaban J connectivity index is 1.68. The SMILES string of the molecule is CCCCCCCCOC(=O)Cc1c[nH]c2ccccc12. The van der Waals surface area contributed by atoms with Crippen LogP contribution in [-0.4, -0.2) is 17.6 Å². The zero-order valence-electron chi connectivity index (χ0n) is 12.9. The van der Waals surface area contributed by atoms with E-state index in [2.05, 4.69) is 11.9 Å². The van der Waals surface area contributed by atoms with Crippen molar-refractivity contribution in [3.05, 3.63) is 36.0 Å². The second-order valence-corrected chi connectivity index (χ2v) is 5.52. The molecule has 0 aliphatic rings. The highest BCUT2D eigenvalue weighted by Crippen LogP contribution is 2.18. The van der Waals surface area contributed by atoms with Gasteiger partial charge in [0.1, 0.15) is 0 Å². The number of aromatic amines is 1. The Morgan fingerprint density at radius 3 is 2.71 bits per heavy atom. The number of fused-ring (bicyclic) bond motifs is 1. The molecule has 0 unspecified atom stereocenters. The molecule has 0 aliphatic carbocycles. The van der Waals surface area contributed by atoms with Gasteiger partial charge in [0.15, 0.2) is 0 Å². The number of unbranched alkanes of at least 4 members (excludes halogenated alkanes) is 5. The molecule has 0 bridgehead atoms. The molecule has 1 aromatic heterocycles. The molecule has 1 aromatic carbocycles. The van der Waals surface area contributed by atoms with E-state index in [4.69, 9.17) is 4.74 Å². The van der Waals surface area contributed by atoms with Crippen molar-refractivity contribution in [3.63, 3.8) is 0 Å². The summed E-state index contributed by atoms with van der Waals surface area (Å²) in [4.78, 5) is 15.0. The summed E-state index contributed by atoms with van der Waals surface area (Å²) in [5, 5.41) is 1.11. The van der Waals surface area contributed by atoms with Gasteiger partial charge in [0.2, 0.25) is 0 Å². The number of ether oxygens (including phenoxy) is 1. The summed E-state index contributed by atoms with van der Waals surface area (Å²) in [6.07, 6.45) is 9.48. The molecule has 3 heteroatoms. The van der Waals surface area contributed by atoms with Crippen LogP contribution in [0.15, 0.2) is 30.5 Å². The van der Waals surface area contributed by atoms with Gasteiger partial charge >= 0.3 is 5.97 Å². The molecule has 0 amide bonds. The van der Waals surface area contributed by atoms with Gasteiger partial charge in [0, 0.05) is 17.1 Å². The van der Waals surface area contributed by atoms with Crippen molar-refractivity contribution in [2.24, 2.45) is 0 Å². The van der Waals surface area contributed by atoms with Gasteiger partial charge in [0.25, 0.3) is 0 Å². The van der Waals surface area contributed by atoms with Crippen molar-refractivity contribution in [1.29, 1.82) is 0 Å². The molecule has 0 saturated heterocycles. The molecule has 0 aliphatic heterocycles. The van der Waals surface area contributed by atoms with Gasteiger partial charge in [-0.3, -0.25) is 4.79 Å². The van der Waals surface area contributed by atoms with Crippen LogP contribution < -0.4 is 0 Å². The number of para-hydroxylation sites is 1. The molecule has 21 heavy (non-hydrogen) atoms. The maximum atomic E-state index is 11.9. The lowest BCUT2D eigenvalue weighted by molar-refractivity contribution is -0.142. The number of hydrogen-bond acceptors (Lipinski definition) is 2. The maximum absolute atomic E-state index is 11.9. The molecule has 114 valence electrons. The summed E-state index contributed by atoms with van der Waals surface area (Å²) in [5.41, 5.74) is 2.08. The van der Waals surface area contributed by atoms with Gasteiger partial charge in [-0.05, 0) is 18.1 Å². The van der Waals surface area contributed by atoms with Crippen LogP contribution >= 0.6 is 0 Å². The quantitative estimate of drug-likeness (QED) is 0.540. The minimum atomic E-state index is -0.131. The average molecular weight is 287 g/mol. The molecule has 1 N–H and O–H groups in total. The fourth-order valence-corrected chi connectivity index (χ4v) is 2.55. The molecular formula is C18H25NO2. The summed E-state index contributed by atoms with van der Waals surface area (Å²) >= 11 is 0. The highest BCUT2D eigenvalue weighted by molar-refractivity contribution is 5.87. The Morgan fingerprint density at radius 2 is 1.86 bits per heavy atom. The Labute approximate surface area is 126 Å². The lowest BCUT2D eigenvalue weighted by Gasteiger charge is -2.04. The first-order valence-corrected chi connectivity index (χ1v) is 8.02. The molecule has 0 atom stereocenters. The second-order valence-electron chi connectivity index (χ2n) is 5.52. The summed E-state index contributed by atoms with van der Waals surface area (Å²) in [7, 11) is 0. The van der Waals surface area contributed by atoms with Crippen molar-refractivity contribution < 1.29 is 9.53 Å². The van der Waals surface area contributed by atoms with E-state index in [-0.39, 0.29) is 5.97 Å². The van der Waals surface area contributed by atoms with Gasteiger partial charge in [-0.1, -0.05) is 57.2 Å². The number of aromatic nitrogens is 1. The Bertz CT molecular complexity index is 559. The number of carbonyl (C=O) groups is 1. The van der Waals surface area contributed by atoms with E-state index in [1.54, 1.807) is 0 Å². The number of esters is 1. The van der Waals surface area contributed by atoms with Crippen molar-refractivity contribution in [3.8, 4) is 0 Å². The first-order valence-electron chi connectivity index (χ1n) is 8.02. The summed E-state index contributed by atoms with van der Waals surface area (Å²) in [6, 6.07) is 8.02.